The molecule has 0 bridgehead atoms. The molecule has 2 aliphatic heterocycles. The van der Waals surface area contributed by atoms with Gasteiger partial charge < -0.3 is 9.64 Å². The number of nitrogens with one attached hydrogen (secondary N) is 1. The van der Waals surface area contributed by atoms with Crippen LogP contribution in [0.1, 0.15) is 47.0 Å². The van der Waals surface area contributed by atoms with Gasteiger partial charge in [-0.1, -0.05) is 34.1 Å². The van der Waals surface area contributed by atoms with Gasteiger partial charge in [-0.2, -0.15) is 0 Å². The van der Waals surface area contributed by atoms with Crippen LogP contribution < -0.4 is 5.32 Å². The largest absolute Gasteiger partial charge is 0.379 e. The third-order valence-corrected chi connectivity index (χ3v) is 4.43. The van der Waals surface area contributed by atoms with Crippen molar-refractivity contribution in [1.82, 2.24) is 10.2 Å². The van der Waals surface area contributed by atoms with Crippen molar-refractivity contribution in [2.24, 2.45) is 11.8 Å². The molecule has 1 N–H and O–H groups in total. The molecule has 4 heteroatoms. The molecule has 4 nitrogen and oxygen atoms in total. The maximum Gasteiger partial charge on any atom is 0.241 e. The normalized spacial score (nSPS) is 33.4. The Balaban J connectivity index is 2.12. The molecule has 2 rings (SSSR count). The average molecular weight is 268 g/mol. The SMILES string of the molecule is CCC(C)C1NC(CC(C)C)N(C2CCOC2)C1=O. The predicted molar refractivity (Wildman–Crippen MR) is 75.7 cm³/mol. The van der Waals surface area contributed by atoms with Crippen LogP contribution in [-0.2, 0) is 9.53 Å². The smallest absolute Gasteiger partial charge is 0.241 e. The number of hydrogen-bond acceptors (Lipinski definition) is 3. The molecule has 2 saturated heterocycles. The summed E-state index contributed by atoms with van der Waals surface area (Å²) in [4.78, 5) is 14.8. The summed E-state index contributed by atoms with van der Waals surface area (Å²) < 4.78 is 5.47. The quantitative estimate of drug-likeness (QED) is 0.829. The Hall–Kier alpha value is -0.610. The molecule has 2 heterocycles. The minimum atomic E-state index is -0.00523. The van der Waals surface area contributed by atoms with Gasteiger partial charge in [-0.25, -0.2) is 0 Å². The highest BCUT2D eigenvalue weighted by atomic mass is 16.5. The molecule has 110 valence electrons. The third kappa shape index (κ3) is 3.11. The van der Waals surface area contributed by atoms with Crippen molar-refractivity contribution in [2.45, 2.75) is 65.2 Å². The first-order valence-corrected chi connectivity index (χ1v) is 7.70. The van der Waals surface area contributed by atoms with Crippen molar-refractivity contribution >= 4 is 5.91 Å². The van der Waals surface area contributed by atoms with E-state index < -0.39 is 0 Å². The van der Waals surface area contributed by atoms with Gasteiger partial charge in [-0.05, 0) is 24.7 Å². The monoisotopic (exact) mass is 268 g/mol. The Morgan fingerprint density at radius 1 is 1.42 bits per heavy atom. The van der Waals surface area contributed by atoms with Crippen LogP contribution in [0.15, 0.2) is 0 Å². The first kappa shape index (κ1) is 14.8. The lowest BCUT2D eigenvalue weighted by molar-refractivity contribution is -0.133. The van der Waals surface area contributed by atoms with Crippen molar-refractivity contribution in [2.75, 3.05) is 13.2 Å². The predicted octanol–water partition coefficient (Wildman–Crippen LogP) is 1.99. The van der Waals surface area contributed by atoms with E-state index in [1.807, 2.05) is 0 Å². The zero-order valence-corrected chi connectivity index (χ0v) is 12.7. The van der Waals surface area contributed by atoms with Crippen LogP contribution in [0.4, 0.5) is 0 Å². The molecule has 0 aromatic heterocycles. The van der Waals surface area contributed by atoms with Crippen LogP contribution in [0.25, 0.3) is 0 Å². The van der Waals surface area contributed by atoms with E-state index in [0.29, 0.717) is 18.4 Å². The number of nitrogens with zero attached hydrogens (tertiary/aromatic N) is 1. The van der Waals surface area contributed by atoms with E-state index in [9.17, 15) is 4.79 Å². The second-order valence-corrected chi connectivity index (χ2v) is 6.44. The van der Waals surface area contributed by atoms with E-state index in [1.54, 1.807) is 0 Å². The van der Waals surface area contributed by atoms with Gasteiger partial charge in [0.2, 0.25) is 5.91 Å². The van der Waals surface area contributed by atoms with Gasteiger partial charge in [0.1, 0.15) is 0 Å². The highest BCUT2D eigenvalue weighted by molar-refractivity contribution is 5.85. The molecular formula is C15H28N2O2. The number of carbonyl (C=O) groups excluding carboxylic acids is 1. The number of hydrogen-bond donors (Lipinski definition) is 1. The van der Waals surface area contributed by atoms with Gasteiger partial charge in [-0.3, -0.25) is 10.1 Å². The second-order valence-electron chi connectivity index (χ2n) is 6.44. The third-order valence-electron chi connectivity index (χ3n) is 4.43. The molecule has 0 spiro atoms. The molecule has 19 heavy (non-hydrogen) atoms. The molecule has 0 saturated carbocycles. The van der Waals surface area contributed by atoms with Crippen LogP contribution in [0, 0.1) is 11.8 Å². The zero-order chi connectivity index (χ0) is 14.0. The van der Waals surface area contributed by atoms with Gasteiger partial charge >= 0.3 is 0 Å². The van der Waals surface area contributed by atoms with E-state index >= 15 is 0 Å². The molecule has 1 amide bonds. The standard InChI is InChI=1S/C15H28N2O2/c1-5-11(4)14-15(18)17(12-6-7-19-9-12)13(16-14)8-10(2)3/h10-14,16H,5-9H2,1-4H3. The van der Waals surface area contributed by atoms with Crippen molar-refractivity contribution in [1.29, 1.82) is 0 Å². The number of carbonyl (C=O) groups is 1. The van der Waals surface area contributed by atoms with Gasteiger partial charge in [-0.15, -0.1) is 0 Å². The van der Waals surface area contributed by atoms with E-state index in [4.69, 9.17) is 4.74 Å². The van der Waals surface area contributed by atoms with E-state index in [2.05, 4.69) is 37.9 Å². The van der Waals surface area contributed by atoms with Crippen molar-refractivity contribution < 1.29 is 9.53 Å². The minimum Gasteiger partial charge on any atom is -0.379 e. The highest BCUT2D eigenvalue weighted by Crippen LogP contribution is 2.27. The van der Waals surface area contributed by atoms with Crippen LogP contribution >= 0.6 is 0 Å². The molecule has 0 aromatic carbocycles. The molecule has 2 fully saturated rings. The van der Waals surface area contributed by atoms with Crippen LogP contribution in [0.2, 0.25) is 0 Å². The van der Waals surface area contributed by atoms with Gasteiger partial charge in [0, 0.05) is 6.61 Å². The summed E-state index contributed by atoms with van der Waals surface area (Å²) in [5.74, 6) is 1.27. The van der Waals surface area contributed by atoms with Crippen molar-refractivity contribution in [3.63, 3.8) is 0 Å². The molecule has 0 aliphatic carbocycles. The summed E-state index contributed by atoms with van der Waals surface area (Å²) in [7, 11) is 0. The number of rotatable bonds is 5. The topological polar surface area (TPSA) is 41.6 Å². The van der Waals surface area contributed by atoms with Crippen LogP contribution in [0.3, 0.4) is 0 Å². The maximum absolute atomic E-state index is 12.7. The number of ether oxygens (including phenoxy) is 1. The van der Waals surface area contributed by atoms with E-state index in [-0.39, 0.29) is 24.2 Å². The Morgan fingerprint density at radius 2 is 2.16 bits per heavy atom. The summed E-state index contributed by atoms with van der Waals surface area (Å²) in [5, 5.41) is 3.57. The highest BCUT2D eigenvalue weighted by Gasteiger charge is 2.44. The summed E-state index contributed by atoms with van der Waals surface area (Å²) in [5.41, 5.74) is 0. The Labute approximate surface area is 116 Å². The van der Waals surface area contributed by atoms with E-state index in [1.165, 1.54) is 0 Å². The fraction of sp³-hybridized carbons (Fsp3) is 0.933. The zero-order valence-electron chi connectivity index (χ0n) is 12.7. The Kier molecular flexibility index (Phi) is 4.85. The summed E-state index contributed by atoms with van der Waals surface area (Å²) in [6.07, 6.45) is 3.23. The first-order chi connectivity index (χ1) is 9.04. The lowest BCUT2D eigenvalue weighted by atomic mass is 9.99. The van der Waals surface area contributed by atoms with E-state index in [0.717, 1.165) is 25.9 Å². The molecule has 4 unspecified atom stereocenters. The average Bonchev–Trinajstić information content (AvgIpc) is 2.96. The lowest BCUT2D eigenvalue weighted by Gasteiger charge is -2.30. The molecule has 2 aliphatic rings. The molecule has 0 radical (unpaired) electrons. The second kappa shape index (κ2) is 6.23. The summed E-state index contributed by atoms with van der Waals surface area (Å²) in [6, 6.07) is 0.271. The Morgan fingerprint density at radius 3 is 2.68 bits per heavy atom. The van der Waals surface area contributed by atoms with Crippen LogP contribution in [-0.4, -0.2) is 42.3 Å². The minimum absolute atomic E-state index is 0.00523. The number of amides is 1. The van der Waals surface area contributed by atoms with Crippen molar-refractivity contribution in [3.8, 4) is 0 Å². The molecule has 4 atom stereocenters. The van der Waals surface area contributed by atoms with Gasteiger partial charge in [0.15, 0.2) is 0 Å². The van der Waals surface area contributed by atoms with Gasteiger partial charge in [0.05, 0.1) is 24.9 Å². The Bertz CT molecular complexity index is 313. The fourth-order valence-electron chi connectivity index (χ4n) is 3.12. The first-order valence-electron chi connectivity index (χ1n) is 7.70. The fourth-order valence-corrected chi connectivity index (χ4v) is 3.12. The van der Waals surface area contributed by atoms with Crippen LogP contribution in [0.5, 0.6) is 0 Å². The molecule has 0 aromatic rings. The van der Waals surface area contributed by atoms with Crippen molar-refractivity contribution in [3.05, 3.63) is 0 Å². The van der Waals surface area contributed by atoms with Gasteiger partial charge in [0.25, 0.3) is 0 Å². The summed E-state index contributed by atoms with van der Waals surface area (Å²) >= 11 is 0. The molecular weight excluding hydrogens is 240 g/mol. The maximum atomic E-state index is 12.7. The lowest BCUT2D eigenvalue weighted by Crippen LogP contribution is -2.45. The summed E-state index contributed by atoms with van der Waals surface area (Å²) in [6.45, 7) is 10.2.